The summed E-state index contributed by atoms with van der Waals surface area (Å²) in [7, 11) is 2.21. The standard InChI is InChI=1S/C23H24N2S/c1-16-4-9-21-20(14-16)22(18-10-12-25(3)13-11-18)23(2,26-21)19-7-5-17(15-24)6-8-19/h4-9,14H,10-13H2,1-3H3. The highest BCUT2D eigenvalue weighted by molar-refractivity contribution is 8.01. The molecule has 132 valence electrons. The smallest absolute Gasteiger partial charge is 0.0991 e. The van der Waals surface area contributed by atoms with Crippen LogP contribution in [0.2, 0.25) is 0 Å². The predicted molar refractivity (Wildman–Crippen MR) is 109 cm³/mol. The molecule has 2 aliphatic rings. The summed E-state index contributed by atoms with van der Waals surface area (Å²) >= 11 is 1.96. The van der Waals surface area contributed by atoms with E-state index in [4.69, 9.17) is 5.26 Å². The molecule has 1 atom stereocenters. The van der Waals surface area contributed by atoms with Gasteiger partial charge in [-0.1, -0.05) is 35.4 Å². The maximum absolute atomic E-state index is 9.14. The summed E-state index contributed by atoms with van der Waals surface area (Å²) in [6.45, 7) is 6.80. The van der Waals surface area contributed by atoms with Gasteiger partial charge in [-0.25, -0.2) is 0 Å². The van der Waals surface area contributed by atoms with Crippen molar-refractivity contribution in [2.24, 2.45) is 0 Å². The zero-order valence-electron chi connectivity index (χ0n) is 15.7. The topological polar surface area (TPSA) is 27.0 Å². The van der Waals surface area contributed by atoms with Gasteiger partial charge in [-0.3, -0.25) is 0 Å². The first-order chi connectivity index (χ1) is 12.5. The molecule has 0 bridgehead atoms. The second-order valence-corrected chi connectivity index (χ2v) is 9.07. The van der Waals surface area contributed by atoms with Gasteiger partial charge in [-0.05, 0) is 68.6 Å². The third-order valence-electron chi connectivity index (χ3n) is 5.70. The number of rotatable bonds is 1. The number of hydrogen-bond acceptors (Lipinski definition) is 3. The molecular formula is C23H24N2S. The second kappa shape index (κ2) is 6.61. The quantitative estimate of drug-likeness (QED) is 0.684. The van der Waals surface area contributed by atoms with Gasteiger partial charge >= 0.3 is 0 Å². The van der Waals surface area contributed by atoms with E-state index >= 15 is 0 Å². The van der Waals surface area contributed by atoms with Crippen LogP contribution < -0.4 is 0 Å². The molecule has 0 spiro atoms. The zero-order chi connectivity index (χ0) is 18.3. The molecule has 1 unspecified atom stereocenters. The van der Waals surface area contributed by atoms with Gasteiger partial charge in [0.1, 0.15) is 0 Å². The van der Waals surface area contributed by atoms with E-state index in [0.29, 0.717) is 0 Å². The Hall–Kier alpha value is -2.02. The molecule has 0 amide bonds. The largest absolute Gasteiger partial charge is 0.306 e. The number of nitrogens with zero attached hydrogens (tertiary/aromatic N) is 2. The molecule has 2 aliphatic heterocycles. The highest BCUT2D eigenvalue weighted by atomic mass is 32.2. The highest BCUT2D eigenvalue weighted by Crippen LogP contribution is 2.60. The molecule has 0 saturated carbocycles. The Morgan fingerprint density at radius 2 is 1.77 bits per heavy atom. The van der Waals surface area contributed by atoms with Crippen molar-refractivity contribution in [3.05, 3.63) is 70.3 Å². The molecule has 2 nitrogen and oxygen atoms in total. The minimum absolute atomic E-state index is 0.0879. The van der Waals surface area contributed by atoms with Gasteiger partial charge in [0.2, 0.25) is 0 Å². The zero-order valence-corrected chi connectivity index (χ0v) is 16.5. The first-order valence-electron chi connectivity index (χ1n) is 9.23. The van der Waals surface area contributed by atoms with Crippen LogP contribution in [0.15, 0.2) is 52.9 Å². The fraction of sp³-hybridized carbons (Fsp3) is 0.348. The normalized spacial score (nSPS) is 23.0. The fourth-order valence-corrected chi connectivity index (χ4v) is 5.65. The van der Waals surface area contributed by atoms with Gasteiger partial charge in [0.25, 0.3) is 0 Å². The first kappa shape index (κ1) is 17.4. The van der Waals surface area contributed by atoms with E-state index in [9.17, 15) is 0 Å². The molecule has 2 heterocycles. The van der Waals surface area contributed by atoms with Crippen LogP contribution in [0.4, 0.5) is 0 Å². The summed E-state index contributed by atoms with van der Waals surface area (Å²) in [5, 5.41) is 9.14. The molecule has 0 N–H and O–H groups in total. The third-order valence-corrected chi connectivity index (χ3v) is 7.13. The van der Waals surface area contributed by atoms with E-state index in [2.05, 4.69) is 62.2 Å². The van der Waals surface area contributed by atoms with Crippen LogP contribution in [-0.2, 0) is 4.75 Å². The Balaban J connectivity index is 1.88. The van der Waals surface area contributed by atoms with Gasteiger partial charge < -0.3 is 4.90 Å². The number of fused-ring (bicyclic) bond motifs is 1. The predicted octanol–water partition coefficient (Wildman–Crippen LogP) is 5.37. The van der Waals surface area contributed by atoms with Gasteiger partial charge in [0.05, 0.1) is 16.4 Å². The number of nitriles is 1. The number of benzene rings is 2. The van der Waals surface area contributed by atoms with Crippen molar-refractivity contribution in [1.29, 1.82) is 5.26 Å². The molecule has 0 aliphatic carbocycles. The van der Waals surface area contributed by atoms with Crippen molar-refractivity contribution in [1.82, 2.24) is 4.90 Å². The molecule has 2 aromatic rings. The van der Waals surface area contributed by atoms with Crippen LogP contribution in [0.1, 0.15) is 42.0 Å². The summed E-state index contributed by atoms with van der Waals surface area (Å²) in [5.41, 5.74) is 7.87. The average Bonchev–Trinajstić information content (AvgIpc) is 2.95. The Morgan fingerprint density at radius 3 is 2.42 bits per heavy atom. The van der Waals surface area contributed by atoms with Crippen molar-refractivity contribution < 1.29 is 0 Å². The Labute approximate surface area is 160 Å². The van der Waals surface area contributed by atoms with Crippen LogP contribution in [0, 0.1) is 18.3 Å². The van der Waals surface area contributed by atoms with E-state index in [1.54, 1.807) is 5.57 Å². The van der Waals surface area contributed by atoms with E-state index < -0.39 is 0 Å². The average molecular weight is 361 g/mol. The van der Waals surface area contributed by atoms with E-state index in [1.807, 2.05) is 23.9 Å². The van der Waals surface area contributed by atoms with Gasteiger partial charge in [0.15, 0.2) is 0 Å². The summed E-state index contributed by atoms with van der Waals surface area (Å²) in [4.78, 5) is 3.80. The van der Waals surface area contributed by atoms with Gasteiger partial charge in [-0.15, -0.1) is 11.8 Å². The summed E-state index contributed by atoms with van der Waals surface area (Å²) in [6, 6.07) is 17.3. The van der Waals surface area contributed by atoms with Crippen molar-refractivity contribution in [2.45, 2.75) is 36.3 Å². The number of aryl methyl sites for hydroxylation is 1. The lowest BCUT2D eigenvalue weighted by atomic mass is 9.81. The van der Waals surface area contributed by atoms with Crippen LogP contribution in [0.25, 0.3) is 5.57 Å². The summed E-state index contributed by atoms with van der Waals surface area (Å²) in [5.74, 6) is 0. The highest BCUT2D eigenvalue weighted by Gasteiger charge is 2.42. The van der Waals surface area contributed by atoms with E-state index in [1.165, 1.54) is 27.2 Å². The lowest BCUT2D eigenvalue weighted by Crippen LogP contribution is -2.28. The Bertz CT molecular complexity index is 910. The molecule has 1 saturated heterocycles. The molecule has 0 radical (unpaired) electrons. The minimum Gasteiger partial charge on any atom is -0.306 e. The summed E-state index contributed by atoms with van der Waals surface area (Å²) < 4.78 is -0.0879. The number of likely N-dealkylation sites (tertiary alicyclic amines) is 1. The SMILES string of the molecule is Cc1ccc2c(c1)C(=C1CCN(C)CC1)C(C)(c1ccc(C#N)cc1)S2. The number of hydrogen-bond donors (Lipinski definition) is 0. The molecule has 1 fully saturated rings. The van der Waals surface area contributed by atoms with Crippen LogP contribution in [0.3, 0.4) is 0 Å². The van der Waals surface area contributed by atoms with Gasteiger partial charge in [0, 0.05) is 18.0 Å². The van der Waals surface area contributed by atoms with Crippen molar-refractivity contribution >= 4 is 17.3 Å². The third kappa shape index (κ3) is 2.88. The number of piperidine rings is 1. The maximum atomic E-state index is 9.14. The number of thioether (sulfide) groups is 1. The molecular weight excluding hydrogens is 336 g/mol. The second-order valence-electron chi connectivity index (χ2n) is 7.61. The Morgan fingerprint density at radius 1 is 1.08 bits per heavy atom. The van der Waals surface area contributed by atoms with Crippen molar-refractivity contribution in [2.75, 3.05) is 20.1 Å². The van der Waals surface area contributed by atoms with Crippen LogP contribution >= 0.6 is 11.8 Å². The Kier molecular flexibility index (Phi) is 4.42. The van der Waals surface area contributed by atoms with Crippen molar-refractivity contribution in [3.8, 4) is 6.07 Å². The fourth-order valence-electron chi connectivity index (χ4n) is 4.19. The lowest BCUT2D eigenvalue weighted by molar-refractivity contribution is 0.312. The van der Waals surface area contributed by atoms with Gasteiger partial charge in [-0.2, -0.15) is 5.26 Å². The minimum atomic E-state index is -0.0879. The molecule has 26 heavy (non-hydrogen) atoms. The monoisotopic (exact) mass is 360 g/mol. The summed E-state index contributed by atoms with van der Waals surface area (Å²) in [6.07, 6.45) is 2.29. The van der Waals surface area contributed by atoms with E-state index in [-0.39, 0.29) is 4.75 Å². The molecule has 0 aromatic heterocycles. The van der Waals surface area contributed by atoms with Crippen LogP contribution in [0.5, 0.6) is 0 Å². The lowest BCUT2D eigenvalue weighted by Gasteiger charge is -2.32. The molecule has 3 heteroatoms. The van der Waals surface area contributed by atoms with Crippen LogP contribution in [-0.4, -0.2) is 25.0 Å². The molecule has 4 rings (SSSR count). The maximum Gasteiger partial charge on any atom is 0.0991 e. The first-order valence-corrected chi connectivity index (χ1v) is 10.0. The molecule has 2 aromatic carbocycles. The van der Waals surface area contributed by atoms with Crippen molar-refractivity contribution in [3.63, 3.8) is 0 Å². The van der Waals surface area contributed by atoms with E-state index in [0.717, 1.165) is 31.5 Å².